The average Bonchev–Trinajstić information content (AvgIpc) is 2.92. The van der Waals surface area contributed by atoms with Crippen LogP contribution in [0.1, 0.15) is 37.6 Å². The molecule has 0 bridgehead atoms. The Bertz CT molecular complexity index is 986. The lowest BCUT2D eigenvalue weighted by Gasteiger charge is -2.28. The summed E-state index contributed by atoms with van der Waals surface area (Å²) in [5.41, 5.74) is 3.75. The molecule has 3 aromatic rings. The Kier molecular flexibility index (Phi) is 4.96. The summed E-state index contributed by atoms with van der Waals surface area (Å²) in [5.74, 6) is -0.330. The van der Waals surface area contributed by atoms with E-state index in [2.05, 4.69) is 11.1 Å². The van der Waals surface area contributed by atoms with Crippen LogP contribution in [0.5, 0.6) is 0 Å². The molecule has 2 aromatic carbocycles. The number of aryl methyl sites for hydroxylation is 2. The minimum absolute atomic E-state index is 0.329. The van der Waals surface area contributed by atoms with Crippen LogP contribution in [0.3, 0.4) is 0 Å². The van der Waals surface area contributed by atoms with Gasteiger partial charge in [-0.05, 0) is 76.1 Å². The maximum atomic E-state index is 13.6. The predicted octanol–water partition coefficient (Wildman–Crippen LogP) is 5.87. The van der Waals surface area contributed by atoms with E-state index in [4.69, 9.17) is 4.74 Å². The van der Waals surface area contributed by atoms with Crippen molar-refractivity contribution in [2.24, 2.45) is 0 Å². The van der Waals surface area contributed by atoms with Crippen molar-refractivity contribution in [2.75, 3.05) is 4.90 Å². The van der Waals surface area contributed by atoms with E-state index >= 15 is 0 Å². The van der Waals surface area contributed by atoms with Crippen molar-refractivity contribution in [3.05, 3.63) is 65.1 Å². The number of fused-ring (bicyclic) bond motifs is 1. The monoisotopic (exact) mass is 368 g/mol. The number of halogens is 1. The molecule has 0 spiro atoms. The highest BCUT2D eigenvalue weighted by Gasteiger charge is 2.25. The largest absolute Gasteiger partial charge is 0.443 e. The van der Waals surface area contributed by atoms with Crippen molar-refractivity contribution in [1.82, 2.24) is 4.98 Å². The van der Waals surface area contributed by atoms with Crippen molar-refractivity contribution in [3.63, 3.8) is 0 Å². The van der Waals surface area contributed by atoms with Crippen LogP contribution < -0.4 is 4.90 Å². The molecule has 27 heavy (non-hydrogen) atoms. The maximum absolute atomic E-state index is 13.6. The van der Waals surface area contributed by atoms with Crippen molar-refractivity contribution in [2.45, 2.75) is 46.8 Å². The van der Waals surface area contributed by atoms with Gasteiger partial charge in [-0.25, -0.2) is 9.18 Å². The number of nitrogens with one attached hydrogen (secondary N) is 1. The fraction of sp³-hybridized carbons (Fsp3) is 0.318. The molecule has 5 heteroatoms. The number of hydrogen-bond donors (Lipinski definition) is 1. The van der Waals surface area contributed by atoms with Gasteiger partial charge < -0.3 is 9.72 Å². The van der Waals surface area contributed by atoms with Gasteiger partial charge in [-0.1, -0.05) is 12.1 Å². The molecule has 0 aliphatic heterocycles. The predicted molar refractivity (Wildman–Crippen MR) is 107 cm³/mol. The van der Waals surface area contributed by atoms with Crippen LogP contribution in [-0.4, -0.2) is 16.7 Å². The van der Waals surface area contributed by atoms with E-state index in [0.717, 1.165) is 22.2 Å². The van der Waals surface area contributed by atoms with Gasteiger partial charge in [0.15, 0.2) is 0 Å². The van der Waals surface area contributed by atoms with Crippen molar-refractivity contribution in [1.29, 1.82) is 0 Å². The van der Waals surface area contributed by atoms with Crippen molar-refractivity contribution >= 4 is 22.7 Å². The standard InChI is InChI=1S/C22H25FN2O2/c1-14-11-17(23)9-10-20(14)25(21(26)27-22(3,4)5)13-16-7-6-8-19-18(16)12-15(2)24-19/h6-12,24H,13H2,1-5H3. The summed E-state index contributed by atoms with van der Waals surface area (Å²) in [5, 5.41) is 1.06. The number of rotatable bonds is 3. The topological polar surface area (TPSA) is 45.3 Å². The number of anilines is 1. The number of carbonyl (C=O) groups is 1. The Morgan fingerprint density at radius 3 is 2.56 bits per heavy atom. The highest BCUT2D eigenvalue weighted by atomic mass is 19.1. The molecule has 0 saturated heterocycles. The van der Waals surface area contributed by atoms with Gasteiger partial charge in [-0.15, -0.1) is 0 Å². The normalized spacial score (nSPS) is 11.6. The van der Waals surface area contributed by atoms with Gasteiger partial charge in [0.1, 0.15) is 11.4 Å². The fourth-order valence-electron chi connectivity index (χ4n) is 3.15. The number of amides is 1. The third-order valence-corrected chi connectivity index (χ3v) is 4.28. The van der Waals surface area contributed by atoms with Gasteiger partial charge in [0, 0.05) is 16.6 Å². The van der Waals surface area contributed by atoms with E-state index in [9.17, 15) is 9.18 Å². The summed E-state index contributed by atoms with van der Waals surface area (Å²) in [6.07, 6.45) is -0.457. The number of hydrogen-bond acceptors (Lipinski definition) is 2. The van der Waals surface area contributed by atoms with E-state index in [0.29, 0.717) is 17.8 Å². The lowest BCUT2D eigenvalue weighted by Crippen LogP contribution is -2.37. The molecule has 1 N–H and O–H groups in total. The van der Waals surface area contributed by atoms with Gasteiger partial charge in [0.25, 0.3) is 0 Å². The highest BCUT2D eigenvalue weighted by Crippen LogP contribution is 2.28. The molecule has 142 valence electrons. The van der Waals surface area contributed by atoms with Gasteiger partial charge in [-0.3, -0.25) is 4.90 Å². The minimum atomic E-state index is -0.625. The highest BCUT2D eigenvalue weighted by molar-refractivity contribution is 5.91. The molecule has 0 atom stereocenters. The molecule has 0 unspecified atom stereocenters. The Morgan fingerprint density at radius 1 is 1.15 bits per heavy atom. The van der Waals surface area contributed by atoms with Crippen LogP contribution in [0.25, 0.3) is 10.9 Å². The number of carbonyl (C=O) groups excluding carboxylic acids is 1. The van der Waals surface area contributed by atoms with E-state index in [-0.39, 0.29) is 5.82 Å². The van der Waals surface area contributed by atoms with E-state index < -0.39 is 11.7 Å². The zero-order chi connectivity index (χ0) is 19.8. The maximum Gasteiger partial charge on any atom is 0.415 e. The fourth-order valence-corrected chi connectivity index (χ4v) is 3.15. The van der Waals surface area contributed by atoms with Gasteiger partial charge in [-0.2, -0.15) is 0 Å². The molecule has 0 saturated carbocycles. The zero-order valence-corrected chi connectivity index (χ0v) is 16.4. The van der Waals surface area contributed by atoms with E-state index in [1.54, 1.807) is 17.9 Å². The summed E-state index contributed by atoms with van der Waals surface area (Å²) in [6.45, 7) is 9.61. The van der Waals surface area contributed by atoms with Crippen LogP contribution in [0.4, 0.5) is 14.9 Å². The molecule has 3 rings (SSSR count). The Balaban J connectivity index is 2.04. The molecular weight excluding hydrogens is 343 g/mol. The Hall–Kier alpha value is -2.82. The molecule has 4 nitrogen and oxygen atoms in total. The quantitative estimate of drug-likeness (QED) is 0.629. The first-order chi connectivity index (χ1) is 12.6. The summed E-state index contributed by atoms with van der Waals surface area (Å²) < 4.78 is 19.2. The molecule has 0 aliphatic carbocycles. The summed E-state index contributed by atoms with van der Waals surface area (Å²) in [4.78, 5) is 17.8. The number of H-pyrrole nitrogens is 1. The number of ether oxygens (including phenoxy) is 1. The second-order valence-corrected chi connectivity index (χ2v) is 7.83. The second kappa shape index (κ2) is 7.06. The molecule has 0 radical (unpaired) electrons. The number of aromatic nitrogens is 1. The number of nitrogens with zero attached hydrogens (tertiary/aromatic N) is 1. The Labute approximate surface area is 158 Å². The van der Waals surface area contributed by atoms with Crippen molar-refractivity contribution in [3.8, 4) is 0 Å². The Morgan fingerprint density at radius 2 is 1.89 bits per heavy atom. The summed E-state index contributed by atoms with van der Waals surface area (Å²) in [6, 6.07) is 12.4. The van der Waals surface area contributed by atoms with Crippen LogP contribution in [0, 0.1) is 19.7 Å². The number of aromatic amines is 1. The lowest BCUT2D eigenvalue weighted by molar-refractivity contribution is 0.0577. The summed E-state index contributed by atoms with van der Waals surface area (Å²) >= 11 is 0. The smallest absolute Gasteiger partial charge is 0.415 e. The van der Waals surface area contributed by atoms with Crippen LogP contribution >= 0.6 is 0 Å². The van der Waals surface area contributed by atoms with Crippen LogP contribution in [0.2, 0.25) is 0 Å². The molecule has 0 aliphatic rings. The third-order valence-electron chi connectivity index (χ3n) is 4.28. The van der Waals surface area contributed by atoms with Crippen molar-refractivity contribution < 1.29 is 13.9 Å². The first-order valence-corrected chi connectivity index (χ1v) is 8.98. The van der Waals surface area contributed by atoms with E-state index in [1.165, 1.54) is 12.1 Å². The minimum Gasteiger partial charge on any atom is -0.443 e. The van der Waals surface area contributed by atoms with Crippen LogP contribution in [0.15, 0.2) is 42.5 Å². The zero-order valence-electron chi connectivity index (χ0n) is 16.4. The lowest BCUT2D eigenvalue weighted by atomic mass is 10.1. The average molecular weight is 368 g/mol. The molecular formula is C22H25FN2O2. The van der Waals surface area contributed by atoms with Crippen LogP contribution in [-0.2, 0) is 11.3 Å². The molecule has 0 fully saturated rings. The molecule has 1 amide bonds. The number of benzene rings is 2. The SMILES string of the molecule is Cc1cc2c(CN(C(=O)OC(C)(C)C)c3ccc(F)cc3C)cccc2[nH]1. The third kappa shape index (κ3) is 4.30. The first-order valence-electron chi connectivity index (χ1n) is 8.98. The summed E-state index contributed by atoms with van der Waals surface area (Å²) in [7, 11) is 0. The molecule has 1 aromatic heterocycles. The van der Waals surface area contributed by atoms with E-state index in [1.807, 2.05) is 45.9 Å². The first kappa shape index (κ1) is 19.0. The van der Waals surface area contributed by atoms with Gasteiger partial charge in [0.05, 0.1) is 12.2 Å². The molecule has 1 heterocycles. The second-order valence-electron chi connectivity index (χ2n) is 7.83. The van der Waals surface area contributed by atoms with Gasteiger partial charge in [0.2, 0.25) is 0 Å². The van der Waals surface area contributed by atoms with Gasteiger partial charge >= 0.3 is 6.09 Å².